The molecule has 0 bridgehead atoms. The van der Waals surface area contributed by atoms with Gasteiger partial charge in [0.05, 0.1) is 17.8 Å². The van der Waals surface area contributed by atoms with Gasteiger partial charge in [-0.15, -0.1) is 0 Å². The van der Waals surface area contributed by atoms with Gasteiger partial charge in [-0.25, -0.2) is 0 Å². The van der Waals surface area contributed by atoms with Gasteiger partial charge in [-0.3, -0.25) is 0 Å². The van der Waals surface area contributed by atoms with Crippen molar-refractivity contribution >= 4 is 0 Å². The summed E-state index contributed by atoms with van der Waals surface area (Å²) in [7, 11) is 0. The Labute approximate surface area is 82.3 Å². The molecule has 0 saturated heterocycles. The van der Waals surface area contributed by atoms with Crippen molar-refractivity contribution in [2.45, 2.75) is 71.7 Å². The smallest absolute Gasteiger partial charge is 0.0641 e. The molecule has 3 unspecified atom stereocenters. The second kappa shape index (κ2) is 5.61. The summed E-state index contributed by atoms with van der Waals surface area (Å²) in [5, 5.41) is 9.80. The predicted octanol–water partition coefficient (Wildman–Crippen LogP) is 2.74. The first-order valence-electron chi connectivity index (χ1n) is 5.29. The van der Waals surface area contributed by atoms with Crippen molar-refractivity contribution in [2.24, 2.45) is 0 Å². The zero-order chi connectivity index (χ0) is 10.5. The number of aliphatic hydroxyl groups is 1. The molecular formula is C11H24O2. The highest BCUT2D eigenvalue weighted by Crippen LogP contribution is 2.18. The van der Waals surface area contributed by atoms with Crippen LogP contribution in [0.25, 0.3) is 0 Å². The average Bonchev–Trinajstić information content (AvgIpc) is 2.03. The van der Waals surface area contributed by atoms with Crippen LogP contribution in [0.3, 0.4) is 0 Å². The largest absolute Gasteiger partial charge is 0.390 e. The Balaban J connectivity index is 3.79. The quantitative estimate of drug-likeness (QED) is 0.694. The highest BCUT2D eigenvalue weighted by molar-refractivity contribution is 4.73. The lowest BCUT2D eigenvalue weighted by atomic mass is 9.96. The third-order valence-corrected chi connectivity index (χ3v) is 2.53. The maximum atomic E-state index is 9.80. The average molecular weight is 188 g/mol. The van der Waals surface area contributed by atoms with Crippen molar-refractivity contribution in [3.8, 4) is 0 Å². The summed E-state index contributed by atoms with van der Waals surface area (Å²) in [6, 6.07) is 0. The summed E-state index contributed by atoms with van der Waals surface area (Å²) in [5.74, 6) is 0. The van der Waals surface area contributed by atoms with E-state index in [0.717, 1.165) is 12.8 Å². The van der Waals surface area contributed by atoms with E-state index >= 15 is 0 Å². The molecular weight excluding hydrogens is 164 g/mol. The molecule has 0 fully saturated rings. The number of rotatable bonds is 6. The van der Waals surface area contributed by atoms with Gasteiger partial charge in [-0.05, 0) is 33.6 Å². The Morgan fingerprint density at radius 3 is 2.15 bits per heavy atom. The van der Waals surface area contributed by atoms with Crippen LogP contribution in [0.1, 0.15) is 53.9 Å². The summed E-state index contributed by atoms with van der Waals surface area (Å²) in [5.41, 5.74) is -0.577. The van der Waals surface area contributed by atoms with Crippen molar-refractivity contribution in [3.63, 3.8) is 0 Å². The van der Waals surface area contributed by atoms with E-state index in [1.807, 2.05) is 20.8 Å². The van der Waals surface area contributed by atoms with Crippen LogP contribution in [-0.2, 0) is 4.74 Å². The fraction of sp³-hybridized carbons (Fsp3) is 1.00. The monoisotopic (exact) mass is 188 g/mol. The van der Waals surface area contributed by atoms with E-state index < -0.39 is 5.60 Å². The fourth-order valence-corrected chi connectivity index (χ4v) is 1.30. The van der Waals surface area contributed by atoms with Gasteiger partial charge < -0.3 is 9.84 Å². The van der Waals surface area contributed by atoms with Gasteiger partial charge in [0.2, 0.25) is 0 Å². The molecule has 0 aliphatic rings. The standard InChI is InChI=1S/C11H24O2/c1-6-9(3)13-10(4)8-11(5,12)7-2/h9-10,12H,6-8H2,1-5H3. The van der Waals surface area contributed by atoms with E-state index in [2.05, 4.69) is 13.8 Å². The molecule has 0 saturated carbocycles. The minimum atomic E-state index is -0.577. The SMILES string of the molecule is CCC(C)OC(C)CC(C)(O)CC. The molecule has 0 spiro atoms. The zero-order valence-corrected chi connectivity index (χ0v) is 9.63. The van der Waals surface area contributed by atoms with Crippen LogP contribution in [0.4, 0.5) is 0 Å². The summed E-state index contributed by atoms with van der Waals surface area (Å²) in [6.07, 6.45) is 2.96. The first kappa shape index (κ1) is 12.9. The van der Waals surface area contributed by atoms with Crippen LogP contribution in [0.2, 0.25) is 0 Å². The van der Waals surface area contributed by atoms with Crippen molar-refractivity contribution < 1.29 is 9.84 Å². The van der Waals surface area contributed by atoms with Crippen molar-refractivity contribution in [1.82, 2.24) is 0 Å². The molecule has 0 rings (SSSR count). The summed E-state index contributed by atoms with van der Waals surface area (Å²) in [6.45, 7) is 10.1. The summed E-state index contributed by atoms with van der Waals surface area (Å²) in [4.78, 5) is 0. The molecule has 0 aromatic heterocycles. The van der Waals surface area contributed by atoms with Gasteiger partial charge in [-0.2, -0.15) is 0 Å². The number of hydrogen-bond donors (Lipinski definition) is 1. The normalized spacial score (nSPS) is 20.8. The molecule has 0 aromatic carbocycles. The lowest BCUT2D eigenvalue weighted by molar-refractivity contribution is -0.0508. The number of hydrogen-bond acceptors (Lipinski definition) is 2. The summed E-state index contributed by atoms with van der Waals surface area (Å²) < 4.78 is 5.68. The van der Waals surface area contributed by atoms with Crippen molar-refractivity contribution in [1.29, 1.82) is 0 Å². The Morgan fingerprint density at radius 2 is 1.77 bits per heavy atom. The van der Waals surface area contributed by atoms with Gasteiger partial charge in [-0.1, -0.05) is 13.8 Å². The topological polar surface area (TPSA) is 29.5 Å². The molecule has 13 heavy (non-hydrogen) atoms. The lowest BCUT2D eigenvalue weighted by Gasteiger charge is -2.27. The van der Waals surface area contributed by atoms with Crippen LogP contribution in [0.15, 0.2) is 0 Å². The summed E-state index contributed by atoms with van der Waals surface area (Å²) >= 11 is 0. The second-order valence-electron chi connectivity index (χ2n) is 4.22. The number of ether oxygens (including phenoxy) is 1. The van der Waals surface area contributed by atoms with E-state index in [1.165, 1.54) is 0 Å². The highest BCUT2D eigenvalue weighted by atomic mass is 16.5. The van der Waals surface area contributed by atoms with Gasteiger partial charge >= 0.3 is 0 Å². The molecule has 3 atom stereocenters. The molecule has 0 radical (unpaired) electrons. The van der Waals surface area contributed by atoms with Gasteiger partial charge in [0, 0.05) is 6.42 Å². The highest BCUT2D eigenvalue weighted by Gasteiger charge is 2.22. The minimum Gasteiger partial charge on any atom is -0.390 e. The first-order chi connectivity index (χ1) is 5.91. The minimum absolute atomic E-state index is 0.143. The van der Waals surface area contributed by atoms with Crippen molar-refractivity contribution in [3.05, 3.63) is 0 Å². The molecule has 1 N–H and O–H groups in total. The van der Waals surface area contributed by atoms with E-state index in [1.54, 1.807) is 0 Å². The van der Waals surface area contributed by atoms with Crippen molar-refractivity contribution in [2.75, 3.05) is 0 Å². The van der Waals surface area contributed by atoms with Crippen LogP contribution < -0.4 is 0 Å². The van der Waals surface area contributed by atoms with Crippen LogP contribution >= 0.6 is 0 Å². The third-order valence-electron chi connectivity index (χ3n) is 2.53. The van der Waals surface area contributed by atoms with E-state index in [4.69, 9.17) is 4.74 Å². The fourth-order valence-electron chi connectivity index (χ4n) is 1.30. The van der Waals surface area contributed by atoms with Gasteiger partial charge in [0.1, 0.15) is 0 Å². The molecule has 0 amide bonds. The van der Waals surface area contributed by atoms with E-state index in [9.17, 15) is 5.11 Å². The molecule has 2 nitrogen and oxygen atoms in total. The predicted molar refractivity (Wildman–Crippen MR) is 55.8 cm³/mol. The Bertz CT molecular complexity index is 132. The van der Waals surface area contributed by atoms with Crippen LogP contribution in [-0.4, -0.2) is 22.9 Å². The van der Waals surface area contributed by atoms with E-state index in [-0.39, 0.29) is 6.10 Å². The van der Waals surface area contributed by atoms with E-state index in [0.29, 0.717) is 12.5 Å². The van der Waals surface area contributed by atoms with Crippen LogP contribution in [0, 0.1) is 0 Å². The third kappa shape index (κ3) is 6.05. The lowest BCUT2D eigenvalue weighted by Crippen LogP contribution is -2.30. The molecule has 0 aromatic rings. The Morgan fingerprint density at radius 1 is 1.23 bits per heavy atom. The Hall–Kier alpha value is -0.0800. The zero-order valence-electron chi connectivity index (χ0n) is 9.63. The van der Waals surface area contributed by atoms with Crippen LogP contribution in [0.5, 0.6) is 0 Å². The molecule has 80 valence electrons. The first-order valence-corrected chi connectivity index (χ1v) is 5.29. The maximum absolute atomic E-state index is 9.80. The molecule has 0 heterocycles. The van der Waals surface area contributed by atoms with Gasteiger partial charge in [0.25, 0.3) is 0 Å². The maximum Gasteiger partial charge on any atom is 0.0641 e. The molecule has 2 heteroatoms. The second-order valence-corrected chi connectivity index (χ2v) is 4.22. The molecule has 0 aliphatic carbocycles. The molecule has 0 aliphatic heterocycles. The van der Waals surface area contributed by atoms with Gasteiger partial charge in [0.15, 0.2) is 0 Å². The Kier molecular flexibility index (Phi) is 5.57.